The summed E-state index contributed by atoms with van der Waals surface area (Å²) in [6.07, 6.45) is 4.96. The van der Waals surface area contributed by atoms with Crippen molar-refractivity contribution in [1.29, 1.82) is 0 Å². The molecule has 1 heterocycles. The molecule has 20 heavy (non-hydrogen) atoms. The van der Waals surface area contributed by atoms with Gasteiger partial charge in [-0.3, -0.25) is 4.90 Å². The quantitative estimate of drug-likeness (QED) is 0.777. The molecule has 2 rings (SSSR count). The fourth-order valence-corrected chi connectivity index (χ4v) is 4.18. The van der Waals surface area contributed by atoms with Crippen LogP contribution in [-0.4, -0.2) is 56.0 Å². The molecular weight excluding hydrogens is 272 g/mol. The van der Waals surface area contributed by atoms with Crippen molar-refractivity contribution >= 4 is 9.84 Å². The molecule has 1 saturated heterocycles. The number of sulfone groups is 1. The minimum Gasteiger partial charge on any atom is -0.311 e. The van der Waals surface area contributed by atoms with Gasteiger partial charge in [0.05, 0.1) is 5.75 Å². The summed E-state index contributed by atoms with van der Waals surface area (Å²) >= 11 is 0. The van der Waals surface area contributed by atoms with Gasteiger partial charge in [0.25, 0.3) is 0 Å². The van der Waals surface area contributed by atoms with E-state index in [1.54, 1.807) is 6.92 Å². The van der Waals surface area contributed by atoms with Gasteiger partial charge in [-0.05, 0) is 32.1 Å². The Bertz CT molecular complexity index is 420. The first kappa shape index (κ1) is 16.2. The van der Waals surface area contributed by atoms with Crippen LogP contribution >= 0.6 is 0 Å². The van der Waals surface area contributed by atoms with E-state index in [1.165, 1.54) is 25.7 Å². The van der Waals surface area contributed by atoms with Gasteiger partial charge >= 0.3 is 0 Å². The lowest BCUT2D eigenvalue weighted by Crippen LogP contribution is -2.65. The fraction of sp³-hybridized carbons (Fsp3) is 1.00. The van der Waals surface area contributed by atoms with Gasteiger partial charge in [0, 0.05) is 37.0 Å². The highest BCUT2D eigenvalue weighted by Gasteiger charge is 2.48. The maximum Gasteiger partial charge on any atom is 0.151 e. The molecule has 5 heteroatoms. The molecule has 0 bridgehead atoms. The Labute approximate surface area is 124 Å². The molecule has 1 saturated carbocycles. The molecule has 118 valence electrons. The molecule has 0 aromatic rings. The number of rotatable bonds is 7. The van der Waals surface area contributed by atoms with Crippen LogP contribution in [0.25, 0.3) is 0 Å². The molecule has 0 radical (unpaired) electrons. The van der Waals surface area contributed by atoms with E-state index in [-0.39, 0.29) is 11.3 Å². The van der Waals surface area contributed by atoms with Crippen LogP contribution in [-0.2, 0) is 9.84 Å². The Kier molecular flexibility index (Phi) is 5.14. The largest absolute Gasteiger partial charge is 0.311 e. The second kappa shape index (κ2) is 6.32. The number of piperazine rings is 1. The highest BCUT2D eigenvalue weighted by molar-refractivity contribution is 7.91. The van der Waals surface area contributed by atoms with E-state index < -0.39 is 9.84 Å². The Balaban J connectivity index is 2.02. The Morgan fingerprint density at radius 2 is 2.00 bits per heavy atom. The number of hydrogen-bond acceptors (Lipinski definition) is 4. The molecule has 1 N–H and O–H groups in total. The Morgan fingerprint density at radius 1 is 1.30 bits per heavy atom. The topological polar surface area (TPSA) is 49.4 Å². The van der Waals surface area contributed by atoms with Gasteiger partial charge in [-0.1, -0.05) is 20.3 Å². The number of nitrogens with one attached hydrogen (secondary N) is 1. The minimum atomic E-state index is -2.87. The maximum atomic E-state index is 11.8. The number of hydrogen-bond donors (Lipinski definition) is 1. The third-order valence-corrected chi connectivity index (χ3v) is 6.80. The first-order valence-corrected chi connectivity index (χ1v) is 9.92. The maximum absolute atomic E-state index is 11.8. The summed E-state index contributed by atoms with van der Waals surface area (Å²) < 4.78 is 23.6. The molecule has 1 aliphatic heterocycles. The van der Waals surface area contributed by atoms with Gasteiger partial charge in [0.2, 0.25) is 0 Å². The Hall–Kier alpha value is -0.130. The van der Waals surface area contributed by atoms with E-state index in [4.69, 9.17) is 0 Å². The van der Waals surface area contributed by atoms with Crippen LogP contribution in [0.15, 0.2) is 0 Å². The predicted molar refractivity (Wildman–Crippen MR) is 83.7 cm³/mol. The molecule has 1 aliphatic carbocycles. The molecule has 0 amide bonds. The second-order valence-electron chi connectivity index (χ2n) is 6.68. The van der Waals surface area contributed by atoms with E-state index in [2.05, 4.69) is 24.1 Å². The molecule has 0 spiro atoms. The third kappa shape index (κ3) is 3.74. The van der Waals surface area contributed by atoms with Gasteiger partial charge in [0.1, 0.15) is 0 Å². The summed E-state index contributed by atoms with van der Waals surface area (Å²) in [7, 11) is -2.87. The summed E-state index contributed by atoms with van der Waals surface area (Å²) in [6, 6.07) is 0.524. The minimum absolute atomic E-state index is 0.160. The van der Waals surface area contributed by atoms with Crippen molar-refractivity contribution in [1.82, 2.24) is 10.2 Å². The van der Waals surface area contributed by atoms with Crippen LogP contribution in [0.4, 0.5) is 0 Å². The van der Waals surface area contributed by atoms with Gasteiger partial charge in [-0.15, -0.1) is 0 Å². The molecule has 0 aromatic carbocycles. The summed E-state index contributed by atoms with van der Waals surface area (Å²) in [5.41, 5.74) is 0.160. The van der Waals surface area contributed by atoms with Crippen LogP contribution < -0.4 is 5.32 Å². The zero-order valence-corrected chi connectivity index (χ0v) is 14.0. The van der Waals surface area contributed by atoms with Crippen molar-refractivity contribution in [2.75, 3.05) is 31.1 Å². The van der Waals surface area contributed by atoms with Crippen molar-refractivity contribution in [2.24, 2.45) is 5.92 Å². The average Bonchev–Trinajstić information content (AvgIpc) is 3.24. The van der Waals surface area contributed by atoms with Crippen molar-refractivity contribution in [2.45, 2.75) is 58.0 Å². The molecule has 2 aliphatic rings. The van der Waals surface area contributed by atoms with Crippen LogP contribution in [0.5, 0.6) is 0 Å². The predicted octanol–water partition coefficient (Wildman–Crippen LogP) is 1.66. The average molecular weight is 302 g/mol. The van der Waals surface area contributed by atoms with Crippen molar-refractivity contribution in [3.8, 4) is 0 Å². The lowest BCUT2D eigenvalue weighted by Gasteiger charge is -2.49. The lowest BCUT2D eigenvalue weighted by molar-refractivity contribution is 0.0387. The van der Waals surface area contributed by atoms with Crippen molar-refractivity contribution in [3.63, 3.8) is 0 Å². The highest BCUT2D eigenvalue weighted by Crippen LogP contribution is 2.44. The van der Waals surface area contributed by atoms with Crippen LogP contribution in [0.3, 0.4) is 0 Å². The van der Waals surface area contributed by atoms with E-state index in [0.29, 0.717) is 18.3 Å². The zero-order valence-electron chi connectivity index (χ0n) is 13.2. The van der Waals surface area contributed by atoms with Gasteiger partial charge in [-0.25, -0.2) is 8.42 Å². The number of nitrogens with zero attached hydrogens (tertiary/aromatic N) is 1. The monoisotopic (exact) mass is 302 g/mol. The smallest absolute Gasteiger partial charge is 0.151 e. The first-order valence-electron chi connectivity index (χ1n) is 8.10. The van der Waals surface area contributed by atoms with E-state index in [1.807, 2.05) is 0 Å². The van der Waals surface area contributed by atoms with E-state index in [0.717, 1.165) is 19.0 Å². The molecular formula is C15H30N2O2S. The molecule has 2 fully saturated rings. The van der Waals surface area contributed by atoms with Gasteiger partial charge < -0.3 is 5.32 Å². The summed E-state index contributed by atoms with van der Waals surface area (Å²) in [4.78, 5) is 2.47. The second-order valence-corrected chi connectivity index (χ2v) is 9.15. The third-order valence-electron chi connectivity index (χ3n) is 5.12. The lowest BCUT2D eigenvalue weighted by atomic mass is 9.89. The van der Waals surface area contributed by atoms with E-state index in [9.17, 15) is 8.42 Å². The zero-order chi connectivity index (χ0) is 14.8. The van der Waals surface area contributed by atoms with Crippen LogP contribution in [0.2, 0.25) is 0 Å². The normalized spacial score (nSPS) is 32.5. The fourth-order valence-electron chi connectivity index (χ4n) is 3.39. The highest BCUT2D eigenvalue weighted by atomic mass is 32.2. The summed E-state index contributed by atoms with van der Waals surface area (Å²) in [6.45, 7) is 8.98. The van der Waals surface area contributed by atoms with Crippen molar-refractivity contribution < 1.29 is 8.42 Å². The Morgan fingerprint density at radius 3 is 2.55 bits per heavy atom. The van der Waals surface area contributed by atoms with Crippen LogP contribution in [0, 0.1) is 5.92 Å². The van der Waals surface area contributed by atoms with Crippen LogP contribution in [0.1, 0.15) is 46.5 Å². The van der Waals surface area contributed by atoms with E-state index >= 15 is 0 Å². The van der Waals surface area contributed by atoms with Gasteiger partial charge in [-0.2, -0.15) is 0 Å². The molecule has 0 aromatic heterocycles. The SMILES string of the molecule is CCCC1CN(CCS(=O)(=O)CC)C(C)(C2CC2)CN1. The first-order chi connectivity index (χ1) is 9.41. The summed E-state index contributed by atoms with van der Waals surface area (Å²) in [5, 5.41) is 3.68. The standard InChI is InChI=1S/C15H30N2O2S/c1-4-6-14-11-17(9-10-20(18,19)5-2)15(3,12-16-14)13-7-8-13/h13-14,16H,4-12H2,1-3H3. The van der Waals surface area contributed by atoms with Crippen molar-refractivity contribution in [3.05, 3.63) is 0 Å². The van der Waals surface area contributed by atoms with Gasteiger partial charge in [0.15, 0.2) is 9.84 Å². The molecule has 2 unspecified atom stereocenters. The molecule has 2 atom stereocenters. The molecule has 4 nitrogen and oxygen atoms in total. The summed E-state index contributed by atoms with van der Waals surface area (Å²) in [5.74, 6) is 1.32.